The molecule has 1 heterocycles. The van der Waals surface area contributed by atoms with Gasteiger partial charge in [-0.1, -0.05) is 24.3 Å². The van der Waals surface area contributed by atoms with Gasteiger partial charge in [-0.15, -0.1) is 12.4 Å². The summed E-state index contributed by atoms with van der Waals surface area (Å²) in [6, 6.07) is 8.39. The van der Waals surface area contributed by atoms with Gasteiger partial charge in [0.2, 0.25) is 0 Å². The normalized spacial score (nSPS) is 25.7. The maximum absolute atomic E-state index is 9.88. The number of rotatable bonds is 1. The maximum atomic E-state index is 9.88. The van der Waals surface area contributed by atoms with Gasteiger partial charge >= 0.3 is 0 Å². The van der Waals surface area contributed by atoms with E-state index in [9.17, 15) is 5.11 Å². The van der Waals surface area contributed by atoms with E-state index in [4.69, 9.17) is 0 Å². The zero-order chi connectivity index (χ0) is 9.97. The molecule has 84 valence electrons. The molecule has 2 atom stereocenters. The summed E-state index contributed by atoms with van der Waals surface area (Å²) in [6.45, 7) is 3.11. The topological polar surface area (TPSA) is 32.3 Å². The molecule has 1 saturated heterocycles. The van der Waals surface area contributed by atoms with Gasteiger partial charge in [-0.2, -0.15) is 0 Å². The summed E-state index contributed by atoms with van der Waals surface area (Å²) in [7, 11) is 0. The fourth-order valence-electron chi connectivity index (χ4n) is 2.12. The van der Waals surface area contributed by atoms with Crippen molar-refractivity contribution in [2.45, 2.75) is 31.9 Å². The average Bonchev–Trinajstić information content (AvgIpc) is 2.20. The monoisotopic (exact) mass is 227 g/mol. The molecule has 1 aromatic carbocycles. The number of piperidine rings is 1. The van der Waals surface area contributed by atoms with Crippen molar-refractivity contribution in [1.82, 2.24) is 5.32 Å². The lowest BCUT2D eigenvalue weighted by Crippen LogP contribution is -2.37. The molecule has 1 fully saturated rings. The molecule has 3 heteroatoms. The molecule has 0 aliphatic carbocycles. The molecule has 2 rings (SSSR count). The molecular weight excluding hydrogens is 210 g/mol. The molecule has 0 radical (unpaired) electrons. The summed E-state index contributed by atoms with van der Waals surface area (Å²) in [5.74, 6) is 0. The van der Waals surface area contributed by atoms with E-state index >= 15 is 0 Å². The Hall–Kier alpha value is -0.570. The fourth-order valence-corrected chi connectivity index (χ4v) is 2.12. The van der Waals surface area contributed by atoms with Crippen LogP contribution in [0.4, 0.5) is 0 Å². The zero-order valence-electron chi connectivity index (χ0n) is 8.94. The van der Waals surface area contributed by atoms with Crippen molar-refractivity contribution in [2.24, 2.45) is 0 Å². The first-order chi connectivity index (χ1) is 6.79. The summed E-state index contributed by atoms with van der Waals surface area (Å²) < 4.78 is 0. The van der Waals surface area contributed by atoms with Gasteiger partial charge in [0.1, 0.15) is 0 Å². The van der Waals surface area contributed by atoms with Crippen LogP contribution in [0.2, 0.25) is 0 Å². The third kappa shape index (κ3) is 2.71. The van der Waals surface area contributed by atoms with Gasteiger partial charge in [0.05, 0.1) is 12.1 Å². The van der Waals surface area contributed by atoms with Crippen LogP contribution < -0.4 is 5.32 Å². The van der Waals surface area contributed by atoms with Crippen LogP contribution in [-0.4, -0.2) is 17.8 Å². The minimum absolute atomic E-state index is 0. The molecule has 2 nitrogen and oxygen atoms in total. The average molecular weight is 228 g/mol. The first-order valence-corrected chi connectivity index (χ1v) is 5.26. The fraction of sp³-hybridized carbons (Fsp3) is 0.500. The van der Waals surface area contributed by atoms with E-state index < -0.39 is 0 Å². The Labute approximate surface area is 97.1 Å². The van der Waals surface area contributed by atoms with Gasteiger partial charge in [0, 0.05) is 0 Å². The van der Waals surface area contributed by atoms with Crippen LogP contribution in [0.1, 0.15) is 30.0 Å². The number of aliphatic hydroxyl groups excluding tert-OH is 1. The van der Waals surface area contributed by atoms with Gasteiger partial charge < -0.3 is 10.4 Å². The van der Waals surface area contributed by atoms with Gasteiger partial charge in [-0.25, -0.2) is 0 Å². The summed E-state index contributed by atoms with van der Waals surface area (Å²) in [4.78, 5) is 0. The second-order valence-corrected chi connectivity index (χ2v) is 4.00. The first-order valence-electron chi connectivity index (χ1n) is 5.26. The van der Waals surface area contributed by atoms with Crippen molar-refractivity contribution >= 4 is 12.4 Å². The Morgan fingerprint density at radius 1 is 1.33 bits per heavy atom. The zero-order valence-corrected chi connectivity index (χ0v) is 9.76. The second kappa shape index (κ2) is 5.50. The Balaban J connectivity index is 0.00000112. The number of benzene rings is 1. The molecular formula is C12H18ClNO. The molecule has 0 aromatic heterocycles. The van der Waals surface area contributed by atoms with Crippen LogP contribution in [0.3, 0.4) is 0 Å². The molecule has 0 bridgehead atoms. The van der Waals surface area contributed by atoms with Crippen molar-refractivity contribution < 1.29 is 5.11 Å². The summed E-state index contributed by atoms with van der Waals surface area (Å²) in [6.07, 6.45) is 1.75. The molecule has 2 N–H and O–H groups in total. The molecule has 1 aromatic rings. The second-order valence-electron chi connectivity index (χ2n) is 4.00. The van der Waals surface area contributed by atoms with E-state index in [1.165, 1.54) is 11.1 Å². The van der Waals surface area contributed by atoms with Gasteiger partial charge in [0.15, 0.2) is 0 Å². The highest BCUT2D eigenvalue weighted by molar-refractivity contribution is 5.85. The predicted octanol–water partition coefficient (Wildman–Crippen LogP) is 2.20. The van der Waals surface area contributed by atoms with E-state index in [-0.39, 0.29) is 24.6 Å². The quantitative estimate of drug-likeness (QED) is 0.771. The SMILES string of the molecule is Cc1ccccc1C1NCCCC1O.Cl. The molecule has 0 amide bonds. The van der Waals surface area contributed by atoms with E-state index in [1.807, 2.05) is 12.1 Å². The largest absolute Gasteiger partial charge is 0.391 e. The third-order valence-corrected chi connectivity index (χ3v) is 2.95. The molecule has 2 unspecified atom stereocenters. The number of hydrogen-bond donors (Lipinski definition) is 2. The van der Waals surface area contributed by atoms with Gasteiger partial charge in [0.25, 0.3) is 0 Å². The number of nitrogens with one attached hydrogen (secondary N) is 1. The van der Waals surface area contributed by atoms with Crippen LogP contribution in [0.15, 0.2) is 24.3 Å². The molecule has 1 aliphatic rings. The first kappa shape index (κ1) is 12.5. The Bertz CT molecular complexity index is 316. The summed E-state index contributed by atoms with van der Waals surface area (Å²) in [5, 5.41) is 13.3. The predicted molar refractivity (Wildman–Crippen MR) is 64.4 cm³/mol. The summed E-state index contributed by atoms with van der Waals surface area (Å²) >= 11 is 0. The van der Waals surface area contributed by atoms with Crippen LogP contribution in [0.25, 0.3) is 0 Å². The highest BCUT2D eigenvalue weighted by Crippen LogP contribution is 2.25. The van der Waals surface area contributed by atoms with Crippen LogP contribution in [0.5, 0.6) is 0 Å². The van der Waals surface area contributed by atoms with Crippen molar-refractivity contribution in [3.05, 3.63) is 35.4 Å². The van der Waals surface area contributed by atoms with Gasteiger partial charge in [-0.3, -0.25) is 0 Å². The molecule has 1 aliphatic heterocycles. The molecule has 15 heavy (non-hydrogen) atoms. The minimum atomic E-state index is -0.232. The highest BCUT2D eigenvalue weighted by Gasteiger charge is 2.24. The minimum Gasteiger partial charge on any atom is -0.391 e. The van der Waals surface area contributed by atoms with E-state index in [1.54, 1.807) is 0 Å². The lowest BCUT2D eigenvalue weighted by atomic mass is 9.92. The Morgan fingerprint density at radius 2 is 2.07 bits per heavy atom. The standard InChI is InChI=1S/C12H17NO.ClH/c1-9-5-2-3-6-10(9)12-11(14)7-4-8-13-12;/h2-3,5-6,11-14H,4,7-8H2,1H3;1H. The lowest BCUT2D eigenvalue weighted by Gasteiger charge is -2.30. The smallest absolute Gasteiger partial charge is 0.0735 e. The van der Waals surface area contributed by atoms with Crippen molar-refractivity contribution in [1.29, 1.82) is 0 Å². The Kier molecular flexibility index (Phi) is 4.58. The van der Waals surface area contributed by atoms with Crippen LogP contribution in [-0.2, 0) is 0 Å². The number of aliphatic hydroxyl groups is 1. The van der Waals surface area contributed by atoms with E-state index in [0.29, 0.717) is 0 Å². The van der Waals surface area contributed by atoms with E-state index in [2.05, 4.69) is 24.4 Å². The molecule has 0 spiro atoms. The van der Waals surface area contributed by atoms with Crippen molar-refractivity contribution in [2.75, 3.05) is 6.54 Å². The summed E-state index contributed by atoms with van der Waals surface area (Å²) in [5.41, 5.74) is 2.49. The maximum Gasteiger partial charge on any atom is 0.0735 e. The number of halogens is 1. The van der Waals surface area contributed by atoms with Gasteiger partial charge in [-0.05, 0) is 37.4 Å². The number of hydrogen-bond acceptors (Lipinski definition) is 2. The number of aryl methyl sites for hydroxylation is 1. The van der Waals surface area contributed by atoms with Crippen LogP contribution in [0, 0.1) is 6.92 Å². The van der Waals surface area contributed by atoms with Crippen molar-refractivity contribution in [3.63, 3.8) is 0 Å². The Morgan fingerprint density at radius 3 is 2.73 bits per heavy atom. The third-order valence-electron chi connectivity index (χ3n) is 2.95. The highest BCUT2D eigenvalue weighted by atomic mass is 35.5. The lowest BCUT2D eigenvalue weighted by molar-refractivity contribution is 0.0962. The molecule has 0 saturated carbocycles. The van der Waals surface area contributed by atoms with Crippen LogP contribution >= 0.6 is 12.4 Å². The van der Waals surface area contributed by atoms with E-state index in [0.717, 1.165) is 19.4 Å². The van der Waals surface area contributed by atoms with Crippen molar-refractivity contribution in [3.8, 4) is 0 Å².